The van der Waals surface area contributed by atoms with Gasteiger partial charge in [-0.3, -0.25) is 9.59 Å². The molecule has 0 aromatic rings. The van der Waals surface area contributed by atoms with Crippen molar-refractivity contribution >= 4 is 11.9 Å². The molecule has 0 saturated heterocycles. The van der Waals surface area contributed by atoms with Crippen LogP contribution in [0.25, 0.3) is 0 Å². The summed E-state index contributed by atoms with van der Waals surface area (Å²) in [6.45, 7) is 5.69. The highest BCUT2D eigenvalue weighted by Gasteiger charge is 2.04. The minimum atomic E-state index is -0.146. The topological polar surface area (TPSA) is 61.8 Å². The maximum atomic E-state index is 11.5. The molecule has 0 aromatic carbocycles. The Balaban J connectivity index is 3.27. The number of methoxy groups -OCH3 is 1. The van der Waals surface area contributed by atoms with Gasteiger partial charge in [0, 0.05) is 20.0 Å². The number of carbonyl (C=O) groups is 2. The van der Waals surface area contributed by atoms with Crippen molar-refractivity contribution in [2.75, 3.05) is 26.9 Å². The van der Waals surface area contributed by atoms with Crippen LogP contribution in [0.15, 0.2) is 0 Å². The van der Waals surface area contributed by atoms with Gasteiger partial charge in [-0.05, 0) is 31.6 Å². The molecule has 0 aromatic heterocycles. The van der Waals surface area contributed by atoms with Crippen molar-refractivity contribution in [1.29, 1.82) is 0 Å². The van der Waals surface area contributed by atoms with Gasteiger partial charge in [0.15, 0.2) is 0 Å². The van der Waals surface area contributed by atoms with E-state index in [9.17, 15) is 9.59 Å². The molecule has 0 fully saturated rings. The molecule has 0 radical (unpaired) electrons. The van der Waals surface area contributed by atoms with Crippen LogP contribution < -0.4 is 0 Å². The molecule has 0 aliphatic rings. The van der Waals surface area contributed by atoms with E-state index in [1.54, 1.807) is 7.11 Å². The fourth-order valence-corrected chi connectivity index (χ4v) is 2.31. The zero-order valence-corrected chi connectivity index (χ0v) is 15.8. The van der Waals surface area contributed by atoms with E-state index < -0.39 is 0 Å². The lowest BCUT2D eigenvalue weighted by Crippen LogP contribution is -2.09. The molecule has 0 N–H and O–H groups in total. The monoisotopic (exact) mass is 344 g/mol. The van der Waals surface area contributed by atoms with Crippen LogP contribution in [-0.2, 0) is 23.8 Å². The molecule has 5 nitrogen and oxygen atoms in total. The molecule has 0 unspecified atom stereocenters. The minimum absolute atomic E-state index is 0.0717. The first kappa shape index (κ1) is 22.9. The Bertz CT molecular complexity index is 315. The standard InChI is InChI=1S/C19H36O5/c1-17(2)11-10-14-23-18(20)12-8-6-4-5-7-9-13-19(21)24-16-15-22-3/h17H,4-16H2,1-3H3. The number of ether oxygens (including phenoxy) is 3. The molecule has 0 aliphatic carbocycles. The zero-order chi connectivity index (χ0) is 18.0. The lowest BCUT2D eigenvalue weighted by molar-refractivity contribution is -0.145. The molecule has 24 heavy (non-hydrogen) atoms. The molecule has 142 valence electrons. The second-order valence-electron chi connectivity index (χ2n) is 6.59. The van der Waals surface area contributed by atoms with E-state index in [1.807, 2.05) is 0 Å². The van der Waals surface area contributed by atoms with Crippen molar-refractivity contribution in [3.63, 3.8) is 0 Å². The molecule has 0 aliphatic heterocycles. The first-order chi connectivity index (χ1) is 11.6. The molecule has 0 amide bonds. The molecule has 0 bridgehead atoms. The Kier molecular flexibility index (Phi) is 16.0. The van der Waals surface area contributed by atoms with Crippen LogP contribution in [0, 0.1) is 5.92 Å². The van der Waals surface area contributed by atoms with Crippen molar-refractivity contribution in [2.24, 2.45) is 5.92 Å². The molecule has 0 atom stereocenters. The van der Waals surface area contributed by atoms with E-state index in [1.165, 1.54) is 0 Å². The second-order valence-corrected chi connectivity index (χ2v) is 6.59. The Morgan fingerprint density at radius 2 is 1.21 bits per heavy atom. The average Bonchev–Trinajstić information content (AvgIpc) is 2.54. The number of esters is 2. The highest BCUT2D eigenvalue weighted by molar-refractivity contribution is 5.69. The maximum Gasteiger partial charge on any atom is 0.305 e. The Morgan fingerprint density at radius 1 is 0.708 bits per heavy atom. The molecular formula is C19H36O5. The summed E-state index contributed by atoms with van der Waals surface area (Å²) >= 11 is 0. The van der Waals surface area contributed by atoms with Crippen molar-refractivity contribution in [2.45, 2.75) is 78.1 Å². The fraction of sp³-hybridized carbons (Fsp3) is 0.895. The van der Waals surface area contributed by atoms with E-state index in [4.69, 9.17) is 14.2 Å². The molecular weight excluding hydrogens is 308 g/mol. The van der Waals surface area contributed by atoms with Crippen LogP contribution in [-0.4, -0.2) is 38.9 Å². The molecule has 0 rings (SSSR count). The van der Waals surface area contributed by atoms with Crippen LogP contribution in [0.4, 0.5) is 0 Å². The van der Waals surface area contributed by atoms with Gasteiger partial charge < -0.3 is 14.2 Å². The number of hydrogen-bond acceptors (Lipinski definition) is 5. The normalized spacial score (nSPS) is 10.8. The van der Waals surface area contributed by atoms with Crippen LogP contribution in [0.5, 0.6) is 0 Å². The molecule has 5 heteroatoms. The van der Waals surface area contributed by atoms with Gasteiger partial charge in [-0.2, -0.15) is 0 Å². The van der Waals surface area contributed by atoms with E-state index in [2.05, 4.69) is 13.8 Å². The summed E-state index contributed by atoms with van der Waals surface area (Å²) in [5.74, 6) is 0.445. The zero-order valence-electron chi connectivity index (χ0n) is 15.8. The van der Waals surface area contributed by atoms with Crippen molar-refractivity contribution < 1.29 is 23.8 Å². The molecule has 0 saturated carbocycles. The summed E-state index contributed by atoms with van der Waals surface area (Å²) in [6.07, 6.45) is 9.07. The van der Waals surface area contributed by atoms with Crippen LogP contribution in [0.2, 0.25) is 0 Å². The Morgan fingerprint density at radius 3 is 1.71 bits per heavy atom. The van der Waals surface area contributed by atoms with Crippen LogP contribution in [0.1, 0.15) is 78.1 Å². The number of unbranched alkanes of at least 4 members (excludes halogenated alkanes) is 5. The number of rotatable bonds is 16. The van der Waals surface area contributed by atoms with E-state index in [0.29, 0.717) is 38.6 Å². The van der Waals surface area contributed by atoms with Gasteiger partial charge in [-0.25, -0.2) is 0 Å². The third-order valence-corrected chi connectivity index (χ3v) is 3.75. The third-order valence-electron chi connectivity index (χ3n) is 3.75. The number of carbonyl (C=O) groups excluding carboxylic acids is 2. The number of hydrogen-bond donors (Lipinski definition) is 0. The largest absolute Gasteiger partial charge is 0.466 e. The first-order valence-electron chi connectivity index (χ1n) is 9.36. The van der Waals surface area contributed by atoms with Gasteiger partial charge in [-0.1, -0.05) is 39.5 Å². The van der Waals surface area contributed by atoms with E-state index >= 15 is 0 Å². The average molecular weight is 344 g/mol. The van der Waals surface area contributed by atoms with E-state index in [0.717, 1.165) is 51.4 Å². The first-order valence-corrected chi connectivity index (χ1v) is 9.36. The molecule has 0 spiro atoms. The Hall–Kier alpha value is -1.10. The summed E-state index contributed by atoms with van der Waals surface area (Å²) in [5, 5.41) is 0. The smallest absolute Gasteiger partial charge is 0.305 e. The van der Waals surface area contributed by atoms with Crippen LogP contribution in [0.3, 0.4) is 0 Å². The van der Waals surface area contributed by atoms with Crippen LogP contribution >= 0.6 is 0 Å². The maximum absolute atomic E-state index is 11.5. The summed E-state index contributed by atoms with van der Waals surface area (Å²) in [7, 11) is 1.58. The molecule has 0 heterocycles. The van der Waals surface area contributed by atoms with Gasteiger partial charge in [0.1, 0.15) is 6.61 Å². The van der Waals surface area contributed by atoms with Crippen molar-refractivity contribution in [3.8, 4) is 0 Å². The fourth-order valence-electron chi connectivity index (χ4n) is 2.31. The SMILES string of the molecule is COCCOC(=O)CCCCCCCCC(=O)OCCCC(C)C. The van der Waals surface area contributed by atoms with Gasteiger partial charge in [0.05, 0.1) is 13.2 Å². The predicted octanol–water partition coefficient (Wildman–Crippen LogP) is 4.28. The predicted molar refractivity (Wildman–Crippen MR) is 94.8 cm³/mol. The minimum Gasteiger partial charge on any atom is -0.466 e. The lowest BCUT2D eigenvalue weighted by Gasteiger charge is -2.06. The quantitative estimate of drug-likeness (QED) is 0.309. The second kappa shape index (κ2) is 16.7. The van der Waals surface area contributed by atoms with Gasteiger partial charge in [-0.15, -0.1) is 0 Å². The highest BCUT2D eigenvalue weighted by Crippen LogP contribution is 2.10. The van der Waals surface area contributed by atoms with Gasteiger partial charge in [0.25, 0.3) is 0 Å². The highest BCUT2D eigenvalue weighted by atomic mass is 16.6. The van der Waals surface area contributed by atoms with Gasteiger partial charge in [0.2, 0.25) is 0 Å². The summed E-state index contributed by atoms with van der Waals surface area (Å²) in [4.78, 5) is 22.9. The van der Waals surface area contributed by atoms with Crippen molar-refractivity contribution in [3.05, 3.63) is 0 Å². The van der Waals surface area contributed by atoms with E-state index in [-0.39, 0.29) is 11.9 Å². The summed E-state index contributed by atoms with van der Waals surface area (Å²) < 4.78 is 15.0. The summed E-state index contributed by atoms with van der Waals surface area (Å²) in [6, 6.07) is 0. The van der Waals surface area contributed by atoms with Crippen molar-refractivity contribution in [1.82, 2.24) is 0 Å². The Labute approximate surface area is 147 Å². The third kappa shape index (κ3) is 17.3. The van der Waals surface area contributed by atoms with Gasteiger partial charge >= 0.3 is 11.9 Å². The lowest BCUT2D eigenvalue weighted by atomic mass is 10.1. The summed E-state index contributed by atoms with van der Waals surface area (Å²) in [5.41, 5.74) is 0.